The van der Waals surface area contributed by atoms with Crippen LogP contribution in [0.2, 0.25) is 0 Å². The highest BCUT2D eigenvalue weighted by Gasteiger charge is 2.06. The molecule has 0 atom stereocenters. The molecule has 0 bridgehead atoms. The lowest BCUT2D eigenvalue weighted by Gasteiger charge is -2.13. The van der Waals surface area contributed by atoms with Crippen molar-refractivity contribution in [1.82, 2.24) is 5.32 Å². The van der Waals surface area contributed by atoms with Crippen molar-refractivity contribution in [2.24, 2.45) is 0 Å². The summed E-state index contributed by atoms with van der Waals surface area (Å²) in [5.74, 6) is 1.54. The molecule has 0 radical (unpaired) electrons. The van der Waals surface area contributed by atoms with Gasteiger partial charge in [0.25, 0.3) is 0 Å². The lowest BCUT2D eigenvalue weighted by atomic mass is 10.2. The van der Waals surface area contributed by atoms with E-state index in [-0.39, 0.29) is 12.4 Å². The fourth-order valence-electron chi connectivity index (χ4n) is 2.15. The number of benzene rings is 2. The highest BCUT2D eigenvalue weighted by atomic mass is 35.5. The van der Waals surface area contributed by atoms with E-state index in [0.29, 0.717) is 13.2 Å². The van der Waals surface area contributed by atoms with E-state index in [1.54, 1.807) is 6.08 Å². The number of rotatable bonds is 9. The Morgan fingerprint density at radius 2 is 1.70 bits per heavy atom. The summed E-state index contributed by atoms with van der Waals surface area (Å²) in [5.41, 5.74) is 2.45. The number of ether oxygens (including phenoxy) is 2. The zero-order chi connectivity index (χ0) is 15.6. The van der Waals surface area contributed by atoms with Gasteiger partial charge in [-0.05, 0) is 30.2 Å². The van der Waals surface area contributed by atoms with E-state index in [1.807, 2.05) is 25.1 Å². The third kappa shape index (κ3) is 6.35. The molecule has 124 valence electrons. The maximum absolute atomic E-state index is 5.65. The molecule has 1 N–H and O–H groups in total. The van der Waals surface area contributed by atoms with Crippen LogP contribution in [0.15, 0.2) is 61.2 Å². The van der Waals surface area contributed by atoms with E-state index < -0.39 is 0 Å². The lowest BCUT2D eigenvalue weighted by molar-refractivity contribution is 0.296. The maximum Gasteiger partial charge on any atom is 0.161 e. The first-order valence-corrected chi connectivity index (χ1v) is 7.57. The fourth-order valence-corrected chi connectivity index (χ4v) is 2.15. The molecule has 0 aliphatic heterocycles. The Hall–Kier alpha value is -1.97. The molecule has 0 fully saturated rings. The van der Waals surface area contributed by atoms with Crippen LogP contribution in [0.1, 0.15) is 18.1 Å². The van der Waals surface area contributed by atoms with Crippen LogP contribution in [0, 0.1) is 0 Å². The van der Waals surface area contributed by atoms with Crippen molar-refractivity contribution in [1.29, 1.82) is 0 Å². The van der Waals surface area contributed by atoms with Gasteiger partial charge in [0.1, 0.15) is 6.61 Å². The highest BCUT2D eigenvalue weighted by molar-refractivity contribution is 5.85. The highest BCUT2D eigenvalue weighted by Crippen LogP contribution is 2.28. The van der Waals surface area contributed by atoms with Gasteiger partial charge in [0.05, 0.1) is 6.61 Å². The Labute approximate surface area is 144 Å². The van der Waals surface area contributed by atoms with Gasteiger partial charge in [-0.15, -0.1) is 12.4 Å². The van der Waals surface area contributed by atoms with Crippen LogP contribution in [0.3, 0.4) is 0 Å². The van der Waals surface area contributed by atoms with Crippen molar-refractivity contribution in [2.45, 2.75) is 20.0 Å². The summed E-state index contributed by atoms with van der Waals surface area (Å²) < 4.78 is 11.3. The normalized spacial score (nSPS) is 9.78. The second-order valence-electron chi connectivity index (χ2n) is 4.90. The second kappa shape index (κ2) is 10.7. The maximum atomic E-state index is 5.65. The third-order valence-corrected chi connectivity index (χ3v) is 3.17. The summed E-state index contributed by atoms with van der Waals surface area (Å²) in [5, 5.41) is 3.44. The van der Waals surface area contributed by atoms with Crippen LogP contribution in [0.4, 0.5) is 0 Å². The van der Waals surface area contributed by atoms with Gasteiger partial charge in [0.15, 0.2) is 11.5 Å². The topological polar surface area (TPSA) is 30.5 Å². The molecule has 0 heterocycles. The first-order valence-electron chi connectivity index (χ1n) is 7.57. The fraction of sp³-hybridized carbons (Fsp3) is 0.263. The van der Waals surface area contributed by atoms with Crippen LogP contribution >= 0.6 is 12.4 Å². The SMILES string of the molecule is C=CCOc1ccc(CNCc2ccccc2)cc1OCC.Cl. The standard InChI is InChI=1S/C19H23NO2.ClH/c1-3-12-22-18-11-10-17(13-19(18)21-4-2)15-20-14-16-8-6-5-7-9-16;/h3,5-11,13,20H,1,4,12,14-15H2,2H3;1H. The van der Waals surface area contributed by atoms with Crippen LogP contribution in [0.5, 0.6) is 11.5 Å². The largest absolute Gasteiger partial charge is 0.490 e. The minimum Gasteiger partial charge on any atom is -0.490 e. The van der Waals surface area contributed by atoms with Crippen LogP contribution in [0.25, 0.3) is 0 Å². The van der Waals surface area contributed by atoms with Crippen LogP contribution < -0.4 is 14.8 Å². The molecule has 0 unspecified atom stereocenters. The minimum atomic E-state index is 0. The van der Waals surface area contributed by atoms with Gasteiger partial charge in [0.2, 0.25) is 0 Å². The average Bonchev–Trinajstić information content (AvgIpc) is 2.55. The molecule has 0 saturated heterocycles. The predicted octanol–water partition coefficient (Wildman–Crippen LogP) is 4.36. The minimum absolute atomic E-state index is 0. The van der Waals surface area contributed by atoms with Crippen molar-refractivity contribution >= 4 is 12.4 Å². The zero-order valence-corrected chi connectivity index (χ0v) is 14.3. The zero-order valence-electron chi connectivity index (χ0n) is 13.5. The van der Waals surface area contributed by atoms with Gasteiger partial charge in [-0.3, -0.25) is 0 Å². The van der Waals surface area contributed by atoms with Crippen molar-refractivity contribution in [3.63, 3.8) is 0 Å². The van der Waals surface area contributed by atoms with E-state index in [4.69, 9.17) is 9.47 Å². The molecular weight excluding hydrogens is 310 g/mol. The van der Waals surface area contributed by atoms with Gasteiger partial charge < -0.3 is 14.8 Å². The lowest BCUT2D eigenvalue weighted by Crippen LogP contribution is -2.12. The number of hydrogen-bond donors (Lipinski definition) is 1. The molecule has 0 aromatic heterocycles. The quantitative estimate of drug-likeness (QED) is 0.691. The van der Waals surface area contributed by atoms with E-state index in [0.717, 1.165) is 24.6 Å². The Bertz CT molecular complexity index is 587. The summed E-state index contributed by atoms with van der Waals surface area (Å²) in [6, 6.07) is 16.4. The number of nitrogens with one attached hydrogen (secondary N) is 1. The number of hydrogen-bond acceptors (Lipinski definition) is 3. The molecule has 0 aliphatic rings. The molecule has 2 rings (SSSR count). The van der Waals surface area contributed by atoms with Crippen molar-refractivity contribution < 1.29 is 9.47 Å². The van der Waals surface area contributed by atoms with Gasteiger partial charge >= 0.3 is 0 Å². The first kappa shape index (κ1) is 19.1. The van der Waals surface area contributed by atoms with Gasteiger partial charge in [-0.2, -0.15) is 0 Å². The second-order valence-corrected chi connectivity index (χ2v) is 4.90. The predicted molar refractivity (Wildman–Crippen MR) is 97.5 cm³/mol. The Morgan fingerprint density at radius 3 is 2.39 bits per heavy atom. The van der Waals surface area contributed by atoms with Crippen LogP contribution in [-0.4, -0.2) is 13.2 Å². The summed E-state index contributed by atoms with van der Waals surface area (Å²) in [7, 11) is 0. The summed E-state index contributed by atoms with van der Waals surface area (Å²) in [6.45, 7) is 8.36. The van der Waals surface area contributed by atoms with Crippen LogP contribution in [-0.2, 0) is 13.1 Å². The van der Waals surface area contributed by atoms with Gasteiger partial charge in [-0.1, -0.05) is 49.1 Å². The molecule has 23 heavy (non-hydrogen) atoms. The smallest absolute Gasteiger partial charge is 0.161 e. The molecule has 0 spiro atoms. The molecule has 4 heteroatoms. The Morgan fingerprint density at radius 1 is 0.957 bits per heavy atom. The molecule has 2 aromatic carbocycles. The Kier molecular flexibility index (Phi) is 8.88. The first-order chi connectivity index (χ1) is 10.8. The number of halogens is 1. The molecule has 0 amide bonds. The van der Waals surface area contributed by atoms with Crippen molar-refractivity contribution in [3.8, 4) is 11.5 Å². The van der Waals surface area contributed by atoms with Gasteiger partial charge in [0, 0.05) is 13.1 Å². The summed E-state index contributed by atoms with van der Waals surface area (Å²) in [6.07, 6.45) is 1.73. The van der Waals surface area contributed by atoms with Crippen molar-refractivity contribution in [3.05, 3.63) is 72.3 Å². The van der Waals surface area contributed by atoms with E-state index in [9.17, 15) is 0 Å². The summed E-state index contributed by atoms with van der Waals surface area (Å²) >= 11 is 0. The van der Waals surface area contributed by atoms with E-state index in [1.165, 1.54) is 11.1 Å². The molecule has 0 saturated carbocycles. The van der Waals surface area contributed by atoms with Gasteiger partial charge in [-0.25, -0.2) is 0 Å². The third-order valence-electron chi connectivity index (χ3n) is 3.17. The van der Waals surface area contributed by atoms with E-state index in [2.05, 4.69) is 42.2 Å². The molecule has 0 aliphatic carbocycles. The van der Waals surface area contributed by atoms with E-state index >= 15 is 0 Å². The molecule has 3 nitrogen and oxygen atoms in total. The summed E-state index contributed by atoms with van der Waals surface area (Å²) in [4.78, 5) is 0. The Balaban J connectivity index is 0.00000264. The molecular formula is C19H24ClNO2. The average molecular weight is 334 g/mol. The molecule has 2 aromatic rings. The monoisotopic (exact) mass is 333 g/mol. The van der Waals surface area contributed by atoms with Crippen molar-refractivity contribution in [2.75, 3.05) is 13.2 Å².